The number of aromatic nitrogens is 2. The molecule has 1 aromatic heterocycles. The average molecular weight is 384 g/mol. The van der Waals surface area contributed by atoms with Crippen LogP contribution < -0.4 is 10.6 Å². The molecule has 2 aliphatic heterocycles. The van der Waals surface area contributed by atoms with E-state index in [4.69, 9.17) is 0 Å². The first kappa shape index (κ1) is 21.2. The molecular weight excluding hydrogens is 350 g/mol. The fraction of sp³-hybridized carbons (Fsp3) is 0.789. The lowest BCUT2D eigenvalue weighted by molar-refractivity contribution is 0.0941. The Hall–Kier alpha value is -1.11. The van der Waals surface area contributed by atoms with Crippen LogP contribution in [0.4, 0.5) is 0 Å². The van der Waals surface area contributed by atoms with Crippen LogP contribution in [-0.4, -0.2) is 59.9 Å². The van der Waals surface area contributed by atoms with Gasteiger partial charge in [0.2, 0.25) is 0 Å². The van der Waals surface area contributed by atoms with Gasteiger partial charge in [-0.15, -0.1) is 12.4 Å². The number of likely N-dealkylation sites (tertiary alicyclic amines) is 1. The Balaban J connectivity index is 0.00000243. The molecular formula is C19H34ClN5O. The van der Waals surface area contributed by atoms with Crippen molar-refractivity contribution in [2.24, 2.45) is 11.8 Å². The number of hydrogen-bond acceptors (Lipinski definition) is 4. The molecule has 0 radical (unpaired) electrons. The van der Waals surface area contributed by atoms with E-state index in [9.17, 15) is 4.79 Å². The zero-order valence-electron chi connectivity index (χ0n) is 16.1. The first-order valence-electron chi connectivity index (χ1n) is 9.88. The van der Waals surface area contributed by atoms with Gasteiger partial charge in [0.05, 0.1) is 6.04 Å². The minimum absolute atomic E-state index is 0. The second-order valence-corrected chi connectivity index (χ2v) is 8.00. The van der Waals surface area contributed by atoms with Gasteiger partial charge in [0, 0.05) is 32.4 Å². The third-order valence-electron chi connectivity index (χ3n) is 5.37. The van der Waals surface area contributed by atoms with Crippen molar-refractivity contribution in [3.8, 4) is 0 Å². The Bertz CT molecular complexity index is 548. The van der Waals surface area contributed by atoms with Crippen molar-refractivity contribution in [1.29, 1.82) is 0 Å². The number of halogens is 1. The Morgan fingerprint density at radius 3 is 2.81 bits per heavy atom. The number of rotatable bonds is 6. The van der Waals surface area contributed by atoms with E-state index < -0.39 is 0 Å². The smallest absolute Gasteiger partial charge is 0.271 e. The van der Waals surface area contributed by atoms with Gasteiger partial charge in [-0.3, -0.25) is 9.48 Å². The van der Waals surface area contributed by atoms with Crippen molar-refractivity contribution in [2.75, 3.05) is 39.3 Å². The van der Waals surface area contributed by atoms with E-state index in [-0.39, 0.29) is 18.3 Å². The Morgan fingerprint density at radius 2 is 2.12 bits per heavy atom. The maximum atomic E-state index is 12.3. The zero-order chi connectivity index (χ0) is 17.6. The van der Waals surface area contributed by atoms with Crippen molar-refractivity contribution < 1.29 is 4.79 Å². The summed E-state index contributed by atoms with van der Waals surface area (Å²) in [6.07, 6.45) is 6.57. The first-order valence-corrected chi connectivity index (χ1v) is 9.88. The number of carbonyl (C=O) groups is 1. The van der Waals surface area contributed by atoms with Gasteiger partial charge < -0.3 is 15.5 Å². The highest BCUT2D eigenvalue weighted by atomic mass is 35.5. The lowest BCUT2D eigenvalue weighted by Crippen LogP contribution is -2.40. The molecule has 0 bridgehead atoms. The maximum Gasteiger partial charge on any atom is 0.271 e. The average Bonchev–Trinajstić information content (AvgIpc) is 3.09. The van der Waals surface area contributed by atoms with Crippen LogP contribution in [0, 0.1) is 11.8 Å². The van der Waals surface area contributed by atoms with Crippen LogP contribution in [0.1, 0.15) is 56.1 Å². The molecule has 0 aliphatic carbocycles. The Labute approximate surface area is 163 Å². The molecule has 1 amide bonds. The molecule has 1 aromatic rings. The molecule has 3 rings (SSSR count). The molecule has 2 N–H and O–H groups in total. The summed E-state index contributed by atoms with van der Waals surface area (Å²) in [5.74, 6) is 1.52. The molecule has 0 spiro atoms. The zero-order valence-corrected chi connectivity index (χ0v) is 16.9. The van der Waals surface area contributed by atoms with Gasteiger partial charge in [-0.1, -0.05) is 13.8 Å². The topological polar surface area (TPSA) is 62.2 Å². The number of nitrogens with zero attached hydrogens (tertiary/aromatic N) is 3. The minimum atomic E-state index is -0.0529. The summed E-state index contributed by atoms with van der Waals surface area (Å²) in [4.78, 5) is 14.8. The lowest BCUT2D eigenvalue weighted by Gasteiger charge is -2.34. The van der Waals surface area contributed by atoms with E-state index in [1.54, 1.807) is 0 Å². The van der Waals surface area contributed by atoms with Crippen molar-refractivity contribution in [2.45, 2.75) is 45.6 Å². The van der Waals surface area contributed by atoms with Crippen LogP contribution in [0.5, 0.6) is 0 Å². The monoisotopic (exact) mass is 383 g/mol. The summed E-state index contributed by atoms with van der Waals surface area (Å²) in [7, 11) is 0. The van der Waals surface area contributed by atoms with Crippen LogP contribution in [0.25, 0.3) is 0 Å². The van der Waals surface area contributed by atoms with Gasteiger partial charge in [-0.05, 0) is 56.7 Å². The van der Waals surface area contributed by atoms with E-state index in [1.807, 2.05) is 16.9 Å². The Morgan fingerprint density at radius 1 is 1.35 bits per heavy atom. The molecule has 7 heteroatoms. The molecule has 0 saturated carbocycles. The third kappa shape index (κ3) is 5.96. The first-order chi connectivity index (χ1) is 12.1. The van der Waals surface area contributed by atoms with Gasteiger partial charge in [-0.25, -0.2) is 0 Å². The molecule has 0 aromatic carbocycles. The molecule has 2 saturated heterocycles. The van der Waals surface area contributed by atoms with Crippen molar-refractivity contribution >= 4 is 18.3 Å². The van der Waals surface area contributed by atoms with E-state index >= 15 is 0 Å². The summed E-state index contributed by atoms with van der Waals surface area (Å²) >= 11 is 0. The number of amides is 1. The number of hydrogen-bond donors (Lipinski definition) is 2. The van der Waals surface area contributed by atoms with E-state index in [2.05, 4.69) is 34.5 Å². The van der Waals surface area contributed by atoms with E-state index in [1.165, 1.54) is 25.9 Å². The van der Waals surface area contributed by atoms with Crippen LogP contribution in [0.15, 0.2) is 12.3 Å². The molecule has 26 heavy (non-hydrogen) atoms. The standard InChI is InChI=1S/C19H33N5O.ClH/c1-15-11-16(2)14-23(13-15)9-4-8-21-19(25)18-6-10-24(22-18)17-5-3-7-20-12-17;/h6,10,15-17,20H,3-5,7-9,11-14H2,1-2H3,(H,21,25);1H. The number of nitrogens with one attached hydrogen (secondary N) is 2. The fourth-order valence-electron chi connectivity index (χ4n) is 4.29. The van der Waals surface area contributed by atoms with Gasteiger partial charge in [0.1, 0.15) is 5.69 Å². The second kappa shape index (κ2) is 10.3. The summed E-state index contributed by atoms with van der Waals surface area (Å²) in [6.45, 7) is 10.9. The summed E-state index contributed by atoms with van der Waals surface area (Å²) < 4.78 is 1.94. The third-order valence-corrected chi connectivity index (χ3v) is 5.37. The van der Waals surface area contributed by atoms with E-state index in [0.717, 1.165) is 50.9 Å². The lowest BCUT2D eigenvalue weighted by atomic mass is 9.92. The molecule has 148 valence electrons. The Kier molecular flexibility index (Phi) is 8.38. The molecule has 6 nitrogen and oxygen atoms in total. The predicted molar refractivity (Wildman–Crippen MR) is 107 cm³/mol. The van der Waals surface area contributed by atoms with Crippen LogP contribution in [-0.2, 0) is 0 Å². The molecule has 3 heterocycles. The van der Waals surface area contributed by atoms with Crippen LogP contribution >= 0.6 is 12.4 Å². The maximum absolute atomic E-state index is 12.3. The highest BCUT2D eigenvalue weighted by Crippen LogP contribution is 2.20. The highest BCUT2D eigenvalue weighted by molar-refractivity contribution is 5.92. The molecule has 2 aliphatic rings. The van der Waals surface area contributed by atoms with Crippen LogP contribution in [0.2, 0.25) is 0 Å². The quantitative estimate of drug-likeness (QED) is 0.740. The SMILES string of the molecule is CC1CC(C)CN(CCCNC(=O)c2ccn(C3CCCNC3)n2)C1.Cl. The summed E-state index contributed by atoms with van der Waals surface area (Å²) in [5, 5.41) is 10.9. The van der Waals surface area contributed by atoms with Gasteiger partial charge in [-0.2, -0.15) is 5.10 Å². The summed E-state index contributed by atoms with van der Waals surface area (Å²) in [6, 6.07) is 2.20. The van der Waals surface area contributed by atoms with Gasteiger partial charge >= 0.3 is 0 Å². The summed E-state index contributed by atoms with van der Waals surface area (Å²) in [5.41, 5.74) is 0.533. The number of carbonyl (C=O) groups excluding carboxylic acids is 1. The van der Waals surface area contributed by atoms with Crippen molar-refractivity contribution in [3.05, 3.63) is 18.0 Å². The highest BCUT2D eigenvalue weighted by Gasteiger charge is 2.21. The predicted octanol–water partition coefficient (Wildman–Crippen LogP) is 2.33. The number of piperidine rings is 2. The molecule has 3 unspecified atom stereocenters. The molecule has 2 fully saturated rings. The van der Waals surface area contributed by atoms with Crippen LogP contribution in [0.3, 0.4) is 0 Å². The largest absolute Gasteiger partial charge is 0.351 e. The van der Waals surface area contributed by atoms with E-state index in [0.29, 0.717) is 11.7 Å². The second-order valence-electron chi connectivity index (χ2n) is 8.00. The van der Waals surface area contributed by atoms with Gasteiger partial charge in [0.15, 0.2) is 0 Å². The minimum Gasteiger partial charge on any atom is -0.351 e. The fourth-order valence-corrected chi connectivity index (χ4v) is 4.29. The van der Waals surface area contributed by atoms with Crippen molar-refractivity contribution in [3.63, 3.8) is 0 Å². The van der Waals surface area contributed by atoms with Crippen molar-refractivity contribution in [1.82, 2.24) is 25.3 Å². The molecule has 3 atom stereocenters. The normalized spacial score (nSPS) is 26.9. The van der Waals surface area contributed by atoms with Gasteiger partial charge in [0.25, 0.3) is 5.91 Å².